The number of esters is 2. The molecule has 1 N–H and O–H groups in total. The third-order valence-electron chi connectivity index (χ3n) is 8.19. The molecule has 0 aliphatic carbocycles. The predicted octanol–water partition coefficient (Wildman–Crippen LogP) is 10.3. The third kappa shape index (κ3) is 28.4. The second-order valence-electron chi connectivity index (χ2n) is 12.2. The monoisotopic (exact) mass is 569 g/mol. The lowest BCUT2D eigenvalue weighted by molar-refractivity contribution is -0.161. The Kier molecular flexibility index (Phi) is 30.0. The Labute approximate surface area is 248 Å². The van der Waals surface area contributed by atoms with Crippen molar-refractivity contribution in [1.82, 2.24) is 0 Å². The highest BCUT2D eigenvalue weighted by molar-refractivity contribution is 5.70. The van der Waals surface area contributed by atoms with E-state index in [9.17, 15) is 14.7 Å². The maximum Gasteiger partial charge on any atom is 0.306 e. The molecule has 0 aromatic rings. The lowest BCUT2D eigenvalue weighted by atomic mass is 9.99. The van der Waals surface area contributed by atoms with E-state index in [1.165, 1.54) is 116 Å². The summed E-state index contributed by atoms with van der Waals surface area (Å²) in [4.78, 5) is 24.1. The van der Waals surface area contributed by atoms with E-state index in [0.717, 1.165) is 44.4 Å². The van der Waals surface area contributed by atoms with Gasteiger partial charge < -0.3 is 14.6 Å². The Morgan fingerprint density at radius 3 is 1.40 bits per heavy atom. The van der Waals surface area contributed by atoms with Crippen LogP contribution in [0.4, 0.5) is 0 Å². The summed E-state index contributed by atoms with van der Waals surface area (Å²) >= 11 is 0. The molecule has 0 radical (unpaired) electrons. The molecule has 238 valence electrons. The van der Waals surface area contributed by atoms with Crippen molar-refractivity contribution in [2.75, 3.05) is 13.2 Å². The zero-order valence-corrected chi connectivity index (χ0v) is 27.0. The molecule has 5 nitrogen and oxygen atoms in total. The van der Waals surface area contributed by atoms with Crippen molar-refractivity contribution < 1.29 is 24.2 Å². The van der Waals surface area contributed by atoms with Crippen molar-refractivity contribution >= 4 is 11.9 Å². The number of carbonyl (C=O) groups excluding carboxylic acids is 2. The number of hydrogen-bond donors (Lipinski definition) is 1. The van der Waals surface area contributed by atoms with E-state index in [1.807, 2.05) is 0 Å². The molecule has 0 rings (SSSR count). The summed E-state index contributed by atoms with van der Waals surface area (Å²) in [6, 6.07) is 0. The van der Waals surface area contributed by atoms with E-state index in [4.69, 9.17) is 9.47 Å². The fourth-order valence-electron chi connectivity index (χ4n) is 5.12. The van der Waals surface area contributed by atoms with Gasteiger partial charge in [0.25, 0.3) is 0 Å². The normalized spacial score (nSPS) is 12.8. The van der Waals surface area contributed by atoms with Gasteiger partial charge in [-0.25, -0.2) is 0 Å². The Morgan fingerprint density at radius 1 is 0.575 bits per heavy atom. The first kappa shape index (κ1) is 38.9. The highest BCUT2D eigenvalue weighted by Gasteiger charge is 2.16. The molecule has 0 bridgehead atoms. The van der Waals surface area contributed by atoms with Gasteiger partial charge in [-0.05, 0) is 18.8 Å². The standard InChI is InChI=1S/C35H68O5/c1-4-6-7-8-9-10-11-12-17-20-23-26-29-35(38)40-33(30-36)31-39-34(37)28-25-22-19-16-14-13-15-18-21-24-27-32(3)5-2/h32-33,36H,4-31H2,1-3H3/t32?,33-/m0/s1. The molecule has 0 spiro atoms. The number of rotatable bonds is 31. The summed E-state index contributed by atoms with van der Waals surface area (Å²) in [6.07, 6.45) is 30.0. The van der Waals surface area contributed by atoms with Gasteiger partial charge in [0.2, 0.25) is 0 Å². The van der Waals surface area contributed by atoms with E-state index in [0.29, 0.717) is 12.8 Å². The van der Waals surface area contributed by atoms with Crippen LogP contribution in [0, 0.1) is 5.92 Å². The van der Waals surface area contributed by atoms with Gasteiger partial charge >= 0.3 is 11.9 Å². The van der Waals surface area contributed by atoms with Crippen molar-refractivity contribution in [2.24, 2.45) is 5.92 Å². The third-order valence-corrected chi connectivity index (χ3v) is 8.19. The smallest absolute Gasteiger partial charge is 0.306 e. The lowest BCUT2D eigenvalue weighted by Gasteiger charge is -2.15. The van der Waals surface area contributed by atoms with E-state index >= 15 is 0 Å². The second-order valence-corrected chi connectivity index (χ2v) is 12.2. The first-order valence-electron chi connectivity index (χ1n) is 17.5. The second kappa shape index (κ2) is 30.8. The van der Waals surface area contributed by atoms with Gasteiger partial charge in [-0.2, -0.15) is 0 Å². The minimum Gasteiger partial charge on any atom is -0.462 e. The van der Waals surface area contributed by atoms with Gasteiger partial charge in [-0.1, -0.05) is 162 Å². The highest BCUT2D eigenvalue weighted by atomic mass is 16.6. The predicted molar refractivity (Wildman–Crippen MR) is 168 cm³/mol. The number of carbonyl (C=O) groups is 2. The summed E-state index contributed by atoms with van der Waals surface area (Å²) in [6.45, 7) is 6.50. The van der Waals surface area contributed by atoms with Crippen molar-refractivity contribution in [3.05, 3.63) is 0 Å². The molecule has 0 saturated carbocycles. The van der Waals surface area contributed by atoms with E-state index < -0.39 is 6.10 Å². The van der Waals surface area contributed by atoms with Gasteiger partial charge in [0, 0.05) is 12.8 Å². The Hall–Kier alpha value is -1.10. The molecular weight excluding hydrogens is 500 g/mol. The Morgan fingerprint density at radius 2 is 0.975 bits per heavy atom. The van der Waals surface area contributed by atoms with Crippen LogP contribution in [0.5, 0.6) is 0 Å². The highest BCUT2D eigenvalue weighted by Crippen LogP contribution is 2.16. The quantitative estimate of drug-likeness (QED) is 0.0665. The number of aliphatic hydroxyl groups excluding tert-OH is 1. The summed E-state index contributed by atoms with van der Waals surface area (Å²) < 4.78 is 10.6. The number of hydrogen-bond acceptors (Lipinski definition) is 5. The molecular formula is C35H68O5. The van der Waals surface area contributed by atoms with Gasteiger partial charge in [0.05, 0.1) is 6.61 Å². The molecule has 0 amide bonds. The molecule has 40 heavy (non-hydrogen) atoms. The molecule has 1 unspecified atom stereocenters. The molecule has 0 aliphatic heterocycles. The maximum atomic E-state index is 12.1. The molecule has 2 atom stereocenters. The first-order valence-corrected chi connectivity index (χ1v) is 17.5. The molecule has 5 heteroatoms. The van der Waals surface area contributed by atoms with Gasteiger partial charge in [-0.3, -0.25) is 9.59 Å². The molecule has 0 aromatic heterocycles. The van der Waals surface area contributed by atoms with Crippen LogP contribution in [-0.2, 0) is 19.1 Å². The van der Waals surface area contributed by atoms with Crippen LogP contribution < -0.4 is 0 Å². The van der Waals surface area contributed by atoms with Crippen LogP contribution in [0.2, 0.25) is 0 Å². The topological polar surface area (TPSA) is 72.8 Å². The van der Waals surface area contributed by atoms with E-state index in [-0.39, 0.29) is 25.2 Å². The summed E-state index contributed by atoms with van der Waals surface area (Å²) in [5, 5.41) is 9.50. The van der Waals surface area contributed by atoms with Gasteiger partial charge in [0.15, 0.2) is 6.10 Å². The minimum atomic E-state index is -0.760. The van der Waals surface area contributed by atoms with Crippen LogP contribution in [0.1, 0.15) is 188 Å². The first-order chi connectivity index (χ1) is 19.5. The molecule has 0 saturated heterocycles. The van der Waals surface area contributed by atoms with Crippen molar-refractivity contribution in [3.8, 4) is 0 Å². The SMILES string of the molecule is CCCCCCCCCCCCCCC(=O)O[C@@H](CO)COC(=O)CCCCCCCCCCCCC(C)CC. The number of ether oxygens (including phenoxy) is 2. The van der Waals surface area contributed by atoms with Crippen LogP contribution in [0.15, 0.2) is 0 Å². The van der Waals surface area contributed by atoms with Crippen LogP contribution in [0.25, 0.3) is 0 Å². The summed E-state index contributed by atoms with van der Waals surface area (Å²) in [5.74, 6) is 0.297. The fraction of sp³-hybridized carbons (Fsp3) is 0.943. The average molecular weight is 569 g/mol. The van der Waals surface area contributed by atoms with Crippen LogP contribution in [0.3, 0.4) is 0 Å². The van der Waals surface area contributed by atoms with Crippen LogP contribution in [-0.4, -0.2) is 36.4 Å². The largest absolute Gasteiger partial charge is 0.462 e. The fourth-order valence-corrected chi connectivity index (χ4v) is 5.12. The molecule has 0 heterocycles. The molecule has 0 aromatic carbocycles. The van der Waals surface area contributed by atoms with Crippen molar-refractivity contribution in [3.63, 3.8) is 0 Å². The zero-order valence-electron chi connectivity index (χ0n) is 27.0. The zero-order chi connectivity index (χ0) is 29.5. The van der Waals surface area contributed by atoms with Gasteiger partial charge in [0.1, 0.15) is 6.61 Å². The number of aliphatic hydroxyl groups is 1. The lowest BCUT2D eigenvalue weighted by Crippen LogP contribution is -2.28. The van der Waals surface area contributed by atoms with E-state index in [1.54, 1.807) is 0 Å². The van der Waals surface area contributed by atoms with Gasteiger partial charge in [-0.15, -0.1) is 0 Å². The minimum absolute atomic E-state index is 0.0587. The maximum absolute atomic E-state index is 12.1. The van der Waals surface area contributed by atoms with E-state index in [2.05, 4.69) is 20.8 Å². The summed E-state index contributed by atoms with van der Waals surface area (Å²) in [7, 11) is 0. The number of unbranched alkanes of at least 4 members (excludes halogenated alkanes) is 20. The molecule has 0 fully saturated rings. The van der Waals surface area contributed by atoms with Crippen LogP contribution >= 0.6 is 0 Å². The Balaban J connectivity index is 3.55. The van der Waals surface area contributed by atoms with Crippen molar-refractivity contribution in [1.29, 1.82) is 0 Å². The van der Waals surface area contributed by atoms with Crippen molar-refractivity contribution in [2.45, 2.75) is 194 Å². The Bertz CT molecular complexity index is 550. The summed E-state index contributed by atoms with van der Waals surface area (Å²) in [5.41, 5.74) is 0. The molecule has 0 aliphatic rings. The average Bonchev–Trinajstić information content (AvgIpc) is 2.96.